The average Bonchev–Trinajstić information content (AvgIpc) is 2.63. The summed E-state index contributed by atoms with van der Waals surface area (Å²) in [5.41, 5.74) is 0.954. The predicted octanol–water partition coefficient (Wildman–Crippen LogP) is 3.86. The van der Waals surface area contributed by atoms with Crippen LogP contribution in [-0.2, 0) is 4.79 Å². The first-order valence-electron chi connectivity index (χ1n) is 7.89. The Morgan fingerprint density at radius 2 is 1.72 bits per heavy atom. The molecule has 0 radical (unpaired) electrons. The van der Waals surface area contributed by atoms with Crippen LogP contribution in [-0.4, -0.2) is 43.6 Å². The van der Waals surface area contributed by atoms with E-state index in [1.54, 1.807) is 35.2 Å². The maximum atomic E-state index is 13.0. The highest BCUT2D eigenvalue weighted by Crippen LogP contribution is 2.27. The van der Waals surface area contributed by atoms with Gasteiger partial charge in [0, 0.05) is 43.0 Å². The normalized spacial score (nSPS) is 14.5. The second kappa shape index (κ2) is 7.93. The van der Waals surface area contributed by atoms with Crippen LogP contribution in [0.1, 0.15) is 0 Å². The van der Waals surface area contributed by atoms with Crippen LogP contribution in [0.5, 0.6) is 5.75 Å². The first-order chi connectivity index (χ1) is 12.0. The summed E-state index contributed by atoms with van der Waals surface area (Å²) in [6.45, 7) is 2.47. The molecular formula is C18H17Cl2FN2O2. The van der Waals surface area contributed by atoms with Gasteiger partial charge in [-0.3, -0.25) is 4.79 Å². The molecule has 1 aliphatic rings. The molecule has 4 nitrogen and oxygen atoms in total. The molecule has 132 valence electrons. The van der Waals surface area contributed by atoms with Gasteiger partial charge >= 0.3 is 0 Å². The smallest absolute Gasteiger partial charge is 0.260 e. The number of halogens is 3. The Hall–Kier alpha value is -1.98. The maximum Gasteiger partial charge on any atom is 0.260 e. The third-order valence-electron chi connectivity index (χ3n) is 4.07. The van der Waals surface area contributed by atoms with E-state index in [2.05, 4.69) is 4.90 Å². The van der Waals surface area contributed by atoms with E-state index in [9.17, 15) is 9.18 Å². The number of hydrogen-bond donors (Lipinski definition) is 0. The lowest BCUT2D eigenvalue weighted by Crippen LogP contribution is -2.50. The molecule has 0 atom stereocenters. The van der Waals surface area contributed by atoms with Crippen LogP contribution in [0.15, 0.2) is 42.5 Å². The van der Waals surface area contributed by atoms with E-state index < -0.39 is 0 Å². The van der Waals surface area contributed by atoms with Crippen molar-refractivity contribution in [3.05, 3.63) is 58.3 Å². The van der Waals surface area contributed by atoms with Gasteiger partial charge in [0.25, 0.3) is 5.91 Å². The summed E-state index contributed by atoms with van der Waals surface area (Å²) in [7, 11) is 0. The first-order valence-corrected chi connectivity index (χ1v) is 8.64. The van der Waals surface area contributed by atoms with Crippen LogP contribution in [0, 0.1) is 5.82 Å². The molecule has 1 heterocycles. The van der Waals surface area contributed by atoms with Crippen molar-refractivity contribution >= 4 is 34.8 Å². The zero-order chi connectivity index (χ0) is 17.8. The standard InChI is InChI=1S/C18H17Cl2FN2O2/c19-13-1-6-16(20)17(11-13)25-12-18(24)23-9-7-22(8-10-23)15-4-2-14(21)3-5-15/h1-6,11H,7-10,12H2. The molecule has 0 N–H and O–H groups in total. The Balaban J connectivity index is 1.51. The molecule has 2 aromatic carbocycles. The van der Waals surface area contributed by atoms with E-state index in [1.807, 2.05) is 0 Å². The lowest BCUT2D eigenvalue weighted by Gasteiger charge is -2.36. The van der Waals surface area contributed by atoms with Crippen LogP contribution in [0.25, 0.3) is 0 Å². The molecule has 1 fully saturated rings. The first kappa shape index (κ1) is 17.8. The van der Waals surface area contributed by atoms with Crippen molar-refractivity contribution in [2.45, 2.75) is 0 Å². The predicted molar refractivity (Wildman–Crippen MR) is 97.2 cm³/mol. The topological polar surface area (TPSA) is 32.8 Å². The molecule has 25 heavy (non-hydrogen) atoms. The Bertz CT molecular complexity index is 747. The minimum absolute atomic E-state index is 0.0867. The van der Waals surface area contributed by atoms with Gasteiger partial charge in [0.05, 0.1) is 5.02 Å². The van der Waals surface area contributed by atoms with Crippen molar-refractivity contribution < 1.29 is 13.9 Å². The van der Waals surface area contributed by atoms with Crippen molar-refractivity contribution in [1.29, 1.82) is 0 Å². The molecule has 0 aromatic heterocycles. The highest BCUT2D eigenvalue weighted by atomic mass is 35.5. The quantitative estimate of drug-likeness (QED) is 0.804. The van der Waals surface area contributed by atoms with E-state index in [-0.39, 0.29) is 18.3 Å². The van der Waals surface area contributed by atoms with Crippen LogP contribution >= 0.6 is 23.2 Å². The highest BCUT2D eigenvalue weighted by Gasteiger charge is 2.22. The van der Waals surface area contributed by atoms with Gasteiger partial charge in [-0.05, 0) is 36.4 Å². The van der Waals surface area contributed by atoms with Gasteiger partial charge in [0.1, 0.15) is 11.6 Å². The molecule has 3 rings (SSSR count). The Morgan fingerprint density at radius 1 is 1.04 bits per heavy atom. The van der Waals surface area contributed by atoms with E-state index in [0.29, 0.717) is 42.0 Å². The van der Waals surface area contributed by atoms with Crippen molar-refractivity contribution in [2.24, 2.45) is 0 Å². The molecule has 1 aliphatic heterocycles. The number of benzene rings is 2. The largest absolute Gasteiger partial charge is 0.482 e. The number of hydrogen-bond acceptors (Lipinski definition) is 3. The van der Waals surface area contributed by atoms with Crippen LogP contribution in [0.2, 0.25) is 10.0 Å². The van der Waals surface area contributed by atoms with Gasteiger partial charge in [0.15, 0.2) is 6.61 Å². The number of carbonyl (C=O) groups excluding carboxylic acids is 1. The van der Waals surface area contributed by atoms with Gasteiger partial charge in [-0.1, -0.05) is 23.2 Å². The summed E-state index contributed by atoms with van der Waals surface area (Å²) in [5, 5.41) is 0.915. The van der Waals surface area contributed by atoms with E-state index in [1.165, 1.54) is 12.1 Å². The van der Waals surface area contributed by atoms with Crippen molar-refractivity contribution in [1.82, 2.24) is 4.90 Å². The lowest BCUT2D eigenvalue weighted by molar-refractivity contribution is -0.133. The Labute approximate surface area is 155 Å². The van der Waals surface area contributed by atoms with Gasteiger partial charge < -0.3 is 14.5 Å². The molecular weight excluding hydrogens is 366 g/mol. The summed E-state index contributed by atoms with van der Waals surface area (Å²) in [5.74, 6) is 0.0386. The third-order valence-corrected chi connectivity index (χ3v) is 4.62. The molecule has 1 amide bonds. The number of amides is 1. The molecule has 7 heteroatoms. The molecule has 0 aliphatic carbocycles. The van der Waals surface area contributed by atoms with Crippen LogP contribution in [0.4, 0.5) is 10.1 Å². The number of ether oxygens (including phenoxy) is 1. The summed E-state index contributed by atoms with van der Waals surface area (Å²) in [6.07, 6.45) is 0. The number of rotatable bonds is 4. The lowest BCUT2D eigenvalue weighted by atomic mass is 10.2. The molecule has 0 saturated carbocycles. The Kier molecular flexibility index (Phi) is 5.66. The zero-order valence-electron chi connectivity index (χ0n) is 13.4. The van der Waals surface area contributed by atoms with Gasteiger partial charge in [-0.25, -0.2) is 4.39 Å². The Morgan fingerprint density at radius 3 is 2.40 bits per heavy atom. The SMILES string of the molecule is O=C(COc1cc(Cl)ccc1Cl)N1CCN(c2ccc(F)cc2)CC1. The fourth-order valence-corrected chi connectivity index (χ4v) is 3.02. The monoisotopic (exact) mass is 382 g/mol. The van der Waals surface area contributed by atoms with E-state index in [0.717, 1.165) is 5.69 Å². The van der Waals surface area contributed by atoms with Gasteiger partial charge in [-0.2, -0.15) is 0 Å². The second-order valence-corrected chi connectivity index (χ2v) is 6.55. The van der Waals surface area contributed by atoms with Gasteiger partial charge in [-0.15, -0.1) is 0 Å². The average molecular weight is 383 g/mol. The summed E-state index contributed by atoms with van der Waals surface area (Å²) < 4.78 is 18.5. The number of piperazine rings is 1. The fraction of sp³-hybridized carbons (Fsp3) is 0.278. The van der Waals surface area contributed by atoms with Crippen molar-refractivity contribution in [3.63, 3.8) is 0 Å². The fourth-order valence-electron chi connectivity index (χ4n) is 2.68. The second-order valence-electron chi connectivity index (χ2n) is 5.71. The minimum Gasteiger partial charge on any atom is -0.482 e. The molecule has 2 aromatic rings. The van der Waals surface area contributed by atoms with Gasteiger partial charge in [0.2, 0.25) is 0 Å². The molecule has 0 bridgehead atoms. The molecule has 0 spiro atoms. The van der Waals surface area contributed by atoms with Crippen molar-refractivity contribution in [2.75, 3.05) is 37.7 Å². The number of carbonyl (C=O) groups is 1. The summed E-state index contributed by atoms with van der Waals surface area (Å²) in [6, 6.07) is 11.3. The number of anilines is 1. The highest BCUT2D eigenvalue weighted by molar-refractivity contribution is 6.34. The summed E-state index contributed by atoms with van der Waals surface area (Å²) in [4.78, 5) is 16.2. The molecule has 1 saturated heterocycles. The van der Waals surface area contributed by atoms with E-state index in [4.69, 9.17) is 27.9 Å². The third kappa shape index (κ3) is 4.55. The zero-order valence-corrected chi connectivity index (χ0v) is 14.9. The number of nitrogens with zero attached hydrogens (tertiary/aromatic N) is 2. The van der Waals surface area contributed by atoms with Crippen LogP contribution in [0.3, 0.4) is 0 Å². The maximum absolute atomic E-state index is 13.0. The van der Waals surface area contributed by atoms with Crippen molar-refractivity contribution in [3.8, 4) is 5.75 Å². The minimum atomic E-state index is -0.255. The summed E-state index contributed by atoms with van der Waals surface area (Å²) >= 11 is 11.9. The van der Waals surface area contributed by atoms with E-state index >= 15 is 0 Å². The molecule has 0 unspecified atom stereocenters. The van der Waals surface area contributed by atoms with Crippen LogP contribution < -0.4 is 9.64 Å².